The molecule has 2 aliphatic rings. The van der Waals surface area contributed by atoms with Crippen LogP contribution in [0.25, 0.3) is 17.0 Å². The Morgan fingerprint density at radius 1 is 1.07 bits per heavy atom. The predicted molar refractivity (Wildman–Crippen MR) is 103 cm³/mol. The molecule has 7 nitrogen and oxygen atoms in total. The van der Waals surface area contributed by atoms with Crippen LogP contribution in [0.1, 0.15) is 36.5 Å². The van der Waals surface area contributed by atoms with Gasteiger partial charge in [0.2, 0.25) is 5.88 Å². The summed E-state index contributed by atoms with van der Waals surface area (Å²) in [6.07, 6.45) is 5.22. The number of aromatic nitrogens is 4. The van der Waals surface area contributed by atoms with E-state index in [1.54, 1.807) is 17.1 Å². The molecular formula is C22H16N4O3. The standard InChI is InChI=1S/C22H16N4O3/c27-14-8-4-9-16-17(14)18(15-10-5-11-28-15)19-21-24-20(13-6-2-1-3-7-13)25-26(21)12-23-22(19)29-16/h1-3,5-7,10-12,18H,4,8-9H2/t18-/m1/s1. The molecule has 0 fully saturated rings. The molecule has 1 atom stereocenters. The summed E-state index contributed by atoms with van der Waals surface area (Å²) in [4.78, 5) is 22.1. The first-order chi connectivity index (χ1) is 14.3. The van der Waals surface area contributed by atoms with Gasteiger partial charge in [0, 0.05) is 24.0 Å². The van der Waals surface area contributed by atoms with Crippen LogP contribution in [0, 0.1) is 0 Å². The number of nitrogens with zero attached hydrogens (tertiary/aromatic N) is 4. The maximum absolute atomic E-state index is 12.9. The number of furan rings is 1. The number of Topliss-reactive ketones (excluding diaryl/α,β-unsaturated/α-hetero) is 1. The fourth-order valence-corrected chi connectivity index (χ4v) is 4.17. The summed E-state index contributed by atoms with van der Waals surface area (Å²) in [5.41, 5.74) is 2.88. The minimum Gasteiger partial charge on any atom is -0.468 e. The zero-order valence-electron chi connectivity index (χ0n) is 15.4. The minimum absolute atomic E-state index is 0.0862. The molecule has 0 spiro atoms. The van der Waals surface area contributed by atoms with Gasteiger partial charge in [-0.1, -0.05) is 30.3 Å². The maximum Gasteiger partial charge on any atom is 0.228 e. The molecule has 4 heterocycles. The fraction of sp³-hybridized carbons (Fsp3) is 0.182. The second kappa shape index (κ2) is 6.13. The van der Waals surface area contributed by atoms with Gasteiger partial charge in [-0.3, -0.25) is 4.79 Å². The van der Waals surface area contributed by atoms with Crippen molar-refractivity contribution in [2.45, 2.75) is 25.2 Å². The monoisotopic (exact) mass is 384 g/mol. The zero-order chi connectivity index (χ0) is 19.4. The lowest BCUT2D eigenvalue weighted by Crippen LogP contribution is -2.26. The molecule has 4 aromatic rings. The second-order valence-corrected chi connectivity index (χ2v) is 7.20. The quantitative estimate of drug-likeness (QED) is 0.521. The third kappa shape index (κ3) is 2.44. The van der Waals surface area contributed by atoms with E-state index in [1.165, 1.54) is 0 Å². The van der Waals surface area contributed by atoms with E-state index < -0.39 is 5.92 Å². The van der Waals surface area contributed by atoms with Crippen LogP contribution < -0.4 is 4.74 Å². The van der Waals surface area contributed by atoms with Crippen molar-refractivity contribution < 1.29 is 13.9 Å². The first-order valence-electron chi connectivity index (χ1n) is 9.58. The molecular weight excluding hydrogens is 368 g/mol. The van der Waals surface area contributed by atoms with Gasteiger partial charge in [0.1, 0.15) is 17.8 Å². The lowest BCUT2D eigenvalue weighted by molar-refractivity contribution is -0.116. The Hall–Kier alpha value is -3.74. The number of carbonyl (C=O) groups excluding carboxylic acids is 1. The molecule has 1 aliphatic carbocycles. The van der Waals surface area contributed by atoms with Crippen molar-refractivity contribution >= 4 is 11.4 Å². The van der Waals surface area contributed by atoms with Crippen LogP contribution in [0.3, 0.4) is 0 Å². The van der Waals surface area contributed by atoms with Gasteiger partial charge in [0.15, 0.2) is 17.3 Å². The number of allylic oxidation sites excluding steroid dienone is 2. The van der Waals surface area contributed by atoms with Gasteiger partial charge in [-0.15, -0.1) is 5.10 Å². The van der Waals surface area contributed by atoms with E-state index >= 15 is 0 Å². The smallest absolute Gasteiger partial charge is 0.228 e. The molecule has 0 N–H and O–H groups in total. The Morgan fingerprint density at radius 2 is 1.97 bits per heavy atom. The minimum atomic E-state index is -0.402. The summed E-state index contributed by atoms with van der Waals surface area (Å²) >= 11 is 0. The van der Waals surface area contributed by atoms with Gasteiger partial charge < -0.3 is 9.15 Å². The highest BCUT2D eigenvalue weighted by molar-refractivity contribution is 5.99. The molecule has 142 valence electrons. The number of ether oxygens (including phenoxy) is 1. The van der Waals surface area contributed by atoms with Crippen LogP contribution in [-0.4, -0.2) is 25.4 Å². The van der Waals surface area contributed by atoms with Crippen LogP contribution >= 0.6 is 0 Å². The van der Waals surface area contributed by atoms with Gasteiger partial charge >= 0.3 is 0 Å². The Kier molecular flexibility index (Phi) is 3.43. The summed E-state index contributed by atoms with van der Waals surface area (Å²) in [7, 11) is 0. The average molecular weight is 384 g/mol. The molecule has 0 saturated carbocycles. The maximum atomic E-state index is 12.9. The summed E-state index contributed by atoms with van der Waals surface area (Å²) in [5, 5.41) is 4.59. The van der Waals surface area contributed by atoms with Crippen molar-refractivity contribution in [3.05, 3.63) is 77.7 Å². The van der Waals surface area contributed by atoms with Gasteiger partial charge in [-0.2, -0.15) is 0 Å². The molecule has 1 aliphatic heterocycles. The van der Waals surface area contributed by atoms with E-state index in [0.29, 0.717) is 52.8 Å². The van der Waals surface area contributed by atoms with E-state index in [0.717, 1.165) is 12.0 Å². The summed E-state index contributed by atoms with van der Waals surface area (Å²) in [5.74, 6) is 2.10. The molecule has 0 radical (unpaired) electrons. The van der Waals surface area contributed by atoms with E-state index in [-0.39, 0.29) is 5.78 Å². The number of carbonyl (C=O) groups is 1. The number of hydrogen-bond acceptors (Lipinski definition) is 6. The SMILES string of the molecule is O=C1CCCC2=C1[C@@H](c1ccco1)c1c(ncn3nc(-c4ccccc4)nc13)O2. The number of rotatable bonds is 2. The van der Waals surface area contributed by atoms with E-state index in [4.69, 9.17) is 14.1 Å². The zero-order valence-corrected chi connectivity index (χ0v) is 15.4. The molecule has 0 saturated heterocycles. The van der Waals surface area contributed by atoms with Gasteiger partial charge in [0.05, 0.1) is 17.7 Å². The first-order valence-corrected chi connectivity index (χ1v) is 9.58. The average Bonchev–Trinajstić information content (AvgIpc) is 3.43. The van der Waals surface area contributed by atoms with Gasteiger partial charge in [-0.25, -0.2) is 14.5 Å². The Morgan fingerprint density at radius 3 is 2.79 bits per heavy atom. The van der Waals surface area contributed by atoms with Crippen molar-refractivity contribution in [3.8, 4) is 17.3 Å². The van der Waals surface area contributed by atoms with Crippen molar-refractivity contribution in [2.24, 2.45) is 0 Å². The second-order valence-electron chi connectivity index (χ2n) is 7.20. The highest BCUT2D eigenvalue weighted by Crippen LogP contribution is 2.47. The summed E-state index contributed by atoms with van der Waals surface area (Å²) in [6.45, 7) is 0. The largest absolute Gasteiger partial charge is 0.468 e. The topological polar surface area (TPSA) is 82.5 Å². The molecule has 0 amide bonds. The van der Waals surface area contributed by atoms with E-state index in [9.17, 15) is 4.79 Å². The van der Waals surface area contributed by atoms with Crippen LogP contribution in [0.15, 0.2) is 70.8 Å². The molecule has 0 bridgehead atoms. The summed E-state index contributed by atoms with van der Waals surface area (Å²) < 4.78 is 13.5. The normalized spacial score (nSPS) is 18.5. The first kappa shape index (κ1) is 16.2. The molecule has 7 heteroatoms. The van der Waals surface area contributed by atoms with Crippen LogP contribution in [0.4, 0.5) is 0 Å². The lowest BCUT2D eigenvalue weighted by atomic mass is 9.80. The van der Waals surface area contributed by atoms with Gasteiger partial charge in [0.25, 0.3) is 0 Å². The van der Waals surface area contributed by atoms with Crippen molar-refractivity contribution in [1.82, 2.24) is 19.6 Å². The van der Waals surface area contributed by atoms with Gasteiger partial charge in [-0.05, 0) is 18.6 Å². The molecule has 0 unspecified atom stereocenters. The molecule has 29 heavy (non-hydrogen) atoms. The molecule has 3 aromatic heterocycles. The van der Waals surface area contributed by atoms with Crippen LogP contribution in [0.5, 0.6) is 5.88 Å². The summed E-state index contributed by atoms with van der Waals surface area (Å²) in [6, 6.07) is 13.5. The number of hydrogen-bond donors (Lipinski definition) is 0. The Labute approximate surface area is 165 Å². The lowest BCUT2D eigenvalue weighted by Gasteiger charge is -2.30. The highest BCUT2D eigenvalue weighted by atomic mass is 16.5. The number of fused-ring (bicyclic) bond motifs is 3. The third-order valence-corrected chi connectivity index (χ3v) is 5.45. The number of ketones is 1. The van der Waals surface area contributed by atoms with Crippen molar-refractivity contribution in [1.29, 1.82) is 0 Å². The molecule has 1 aromatic carbocycles. The van der Waals surface area contributed by atoms with Crippen molar-refractivity contribution in [3.63, 3.8) is 0 Å². The van der Waals surface area contributed by atoms with Crippen LogP contribution in [0.2, 0.25) is 0 Å². The third-order valence-electron chi connectivity index (χ3n) is 5.45. The molecule has 6 rings (SSSR count). The van der Waals surface area contributed by atoms with Crippen LogP contribution in [-0.2, 0) is 4.79 Å². The number of benzene rings is 1. The fourth-order valence-electron chi connectivity index (χ4n) is 4.17. The predicted octanol–water partition coefficient (Wildman–Crippen LogP) is 3.92. The van der Waals surface area contributed by atoms with E-state index in [2.05, 4.69) is 10.1 Å². The van der Waals surface area contributed by atoms with E-state index in [1.807, 2.05) is 42.5 Å². The Bertz CT molecular complexity index is 1270. The highest BCUT2D eigenvalue weighted by Gasteiger charge is 2.40. The Balaban J connectivity index is 1.62. The van der Waals surface area contributed by atoms with Crippen molar-refractivity contribution in [2.75, 3.05) is 0 Å².